The summed E-state index contributed by atoms with van der Waals surface area (Å²) in [6.45, 7) is 0.403. The Hall–Kier alpha value is -1.88. The van der Waals surface area contributed by atoms with E-state index in [2.05, 4.69) is 17.4 Å². The molecule has 0 spiro atoms. The molecule has 5 nitrogen and oxygen atoms in total. The van der Waals surface area contributed by atoms with Gasteiger partial charge in [0.25, 0.3) is 0 Å². The number of nitrogens with zero attached hydrogens (tertiary/aromatic N) is 2. The molecule has 0 radical (unpaired) electrons. The molecule has 1 aromatic carbocycles. The molecule has 0 saturated carbocycles. The number of amides is 2. The number of rotatable bonds is 3. The minimum absolute atomic E-state index is 0.0482. The van der Waals surface area contributed by atoms with Gasteiger partial charge in [-0.25, -0.2) is 0 Å². The van der Waals surface area contributed by atoms with Gasteiger partial charge < -0.3 is 15.1 Å². The van der Waals surface area contributed by atoms with Crippen molar-refractivity contribution in [3.63, 3.8) is 0 Å². The van der Waals surface area contributed by atoms with Crippen LogP contribution >= 0.6 is 0 Å². The lowest BCUT2D eigenvalue weighted by Crippen LogP contribution is -2.49. The lowest BCUT2D eigenvalue weighted by molar-refractivity contribution is -0.136. The van der Waals surface area contributed by atoms with Crippen LogP contribution in [0.5, 0.6) is 0 Å². The molecule has 3 atom stereocenters. The monoisotopic (exact) mass is 329 g/mol. The lowest BCUT2D eigenvalue weighted by Gasteiger charge is -2.34. The molecule has 2 saturated heterocycles. The first-order valence-corrected chi connectivity index (χ1v) is 8.86. The van der Waals surface area contributed by atoms with E-state index in [0.29, 0.717) is 13.0 Å². The molecule has 2 fully saturated rings. The maximum Gasteiger partial charge on any atom is 0.237 e. The quantitative estimate of drug-likeness (QED) is 0.922. The summed E-state index contributed by atoms with van der Waals surface area (Å²) in [4.78, 5) is 29.0. The Morgan fingerprint density at radius 1 is 1.25 bits per heavy atom. The van der Waals surface area contributed by atoms with E-state index in [1.807, 2.05) is 42.1 Å². The number of fused-ring (bicyclic) bond motifs is 1. The maximum absolute atomic E-state index is 12.9. The van der Waals surface area contributed by atoms with E-state index in [-0.39, 0.29) is 29.9 Å². The largest absolute Gasteiger partial charge is 0.351 e. The molecular weight excluding hydrogens is 302 g/mol. The Kier molecular flexibility index (Phi) is 5.19. The van der Waals surface area contributed by atoms with Crippen LogP contribution in [0.2, 0.25) is 0 Å². The van der Waals surface area contributed by atoms with Crippen molar-refractivity contribution in [2.45, 2.75) is 50.2 Å². The predicted octanol–water partition coefficient (Wildman–Crippen LogP) is 1.95. The Morgan fingerprint density at radius 3 is 2.71 bits per heavy atom. The zero-order valence-electron chi connectivity index (χ0n) is 14.6. The third-order valence-corrected chi connectivity index (χ3v) is 5.06. The van der Waals surface area contributed by atoms with Gasteiger partial charge in [-0.2, -0.15) is 0 Å². The zero-order chi connectivity index (χ0) is 17.1. The summed E-state index contributed by atoms with van der Waals surface area (Å²) in [5.41, 5.74) is 1.16. The fraction of sp³-hybridized carbons (Fsp3) is 0.579. The van der Waals surface area contributed by atoms with Gasteiger partial charge in [0.1, 0.15) is 0 Å². The highest BCUT2D eigenvalue weighted by Crippen LogP contribution is 2.39. The van der Waals surface area contributed by atoms with E-state index in [9.17, 15) is 9.59 Å². The van der Waals surface area contributed by atoms with E-state index in [0.717, 1.165) is 31.2 Å². The summed E-state index contributed by atoms with van der Waals surface area (Å²) in [5, 5.41) is 3.17. The predicted molar refractivity (Wildman–Crippen MR) is 93.4 cm³/mol. The van der Waals surface area contributed by atoms with Crippen molar-refractivity contribution in [1.29, 1.82) is 0 Å². The second kappa shape index (κ2) is 7.34. The number of nitrogens with one attached hydrogen (secondary N) is 1. The molecule has 0 aromatic heterocycles. The molecule has 0 bridgehead atoms. The Balaban J connectivity index is 1.91. The molecule has 2 aliphatic rings. The molecule has 2 amide bonds. The third-order valence-electron chi connectivity index (χ3n) is 5.06. The molecule has 24 heavy (non-hydrogen) atoms. The maximum atomic E-state index is 12.9. The van der Waals surface area contributed by atoms with E-state index in [4.69, 9.17) is 0 Å². The molecular formula is C19H27N3O2. The van der Waals surface area contributed by atoms with Crippen molar-refractivity contribution in [3.05, 3.63) is 35.9 Å². The summed E-state index contributed by atoms with van der Waals surface area (Å²) in [5.74, 6) is 0.273. The van der Waals surface area contributed by atoms with Gasteiger partial charge in [-0.1, -0.05) is 36.8 Å². The van der Waals surface area contributed by atoms with Gasteiger partial charge in [-0.05, 0) is 38.9 Å². The molecule has 5 heteroatoms. The minimum Gasteiger partial charge on any atom is -0.351 e. The molecule has 2 aliphatic heterocycles. The first-order chi connectivity index (χ1) is 11.6. The number of hydrogen-bond donors (Lipinski definition) is 1. The van der Waals surface area contributed by atoms with Crippen molar-refractivity contribution in [1.82, 2.24) is 15.1 Å². The second-order valence-electron chi connectivity index (χ2n) is 7.19. The normalized spacial score (nSPS) is 27.4. The molecule has 0 unspecified atom stereocenters. The molecule has 1 N–H and O–H groups in total. The SMILES string of the molecule is CN(C)CC(=O)N1[C@H](c2ccccc2)C[C@H]2NC(=O)CCCC[C@@H]21. The average Bonchev–Trinajstić information content (AvgIpc) is 2.87. The molecule has 2 heterocycles. The van der Waals surface area contributed by atoms with Crippen molar-refractivity contribution in [2.24, 2.45) is 0 Å². The minimum atomic E-state index is 0.0482. The number of carbonyl (C=O) groups excluding carboxylic acids is 2. The fourth-order valence-corrected chi connectivity index (χ4v) is 4.03. The fourth-order valence-electron chi connectivity index (χ4n) is 4.03. The van der Waals surface area contributed by atoms with Crippen molar-refractivity contribution in [3.8, 4) is 0 Å². The van der Waals surface area contributed by atoms with E-state index < -0.39 is 0 Å². The number of carbonyl (C=O) groups is 2. The third kappa shape index (κ3) is 3.61. The van der Waals surface area contributed by atoms with Gasteiger partial charge in [0.15, 0.2) is 0 Å². The van der Waals surface area contributed by atoms with Crippen molar-refractivity contribution in [2.75, 3.05) is 20.6 Å². The van der Waals surface area contributed by atoms with E-state index in [1.54, 1.807) is 0 Å². The second-order valence-corrected chi connectivity index (χ2v) is 7.19. The van der Waals surface area contributed by atoms with Gasteiger partial charge in [0.2, 0.25) is 11.8 Å². The van der Waals surface area contributed by atoms with Gasteiger partial charge in [-0.15, -0.1) is 0 Å². The summed E-state index contributed by atoms with van der Waals surface area (Å²) in [6, 6.07) is 10.4. The molecule has 130 valence electrons. The van der Waals surface area contributed by atoms with Crippen molar-refractivity contribution >= 4 is 11.8 Å². The Labute approximate surface area is 144 Å². The summed E-state index contributed by atoms with van der Waals surface area (Å²) in [6.07, 6.45) is 4.28. The first kappa shape index (κ1) is 17.0. The van der Waals surface area contributed by atoms with Crippen LogP contribution in [0.25, 0.3) is 0 Å². The van der Waals surface area contributed by atoms with Gasteiger partial charge in [-0.3, -0.25) is 9.59 Å². The van der Waals surface area contributed by atoms with Crippen LogP contribution in [0, 0.1) is 0 Å². The highest BCUT2D eigenvalue weighted by atomic mass is 16.2. The highest BCUT2D eigenvalue weighted by Gasteiger charge is 2.44. The number of likely N-dealkylation sites (N-methyl/N-ethyl adjacent to an activating group) is 1. The van der Waals surface area contributed by atoms with E-state index in [1.165, 1.54) is 0 Å². The Bertz CT molecular complexity index is 588. The van der Waals surface area contributed by atoms with Crippen LogP contribution in [-0.2, 0) is 9.59 Å². The Morgan fingerprint density at radius 2 is 2.00 bits per heavy atom. The topological polar surface area (TPSA) is 52.7 Å². The summed E-state index contributed by atoms with van der Waals surface area (Å²) in [7, 11) is 3.84. The number of hydrogen-bond acceptors (Lipinski definition) is 3. The summed E-state index contributed by atoms with van der Waals surface area (Å²) >= 11 is 0. The molecule has 1 aromatic rings. The van der Waals surface area contributed by atoms with Crippen LogP contribution in [0.3, 0.4) is 0 Å². The first-order valence-electron chi connectivity index (χ1n) is 8.86. The molecule has 3 rings (SSSR count). The number of likely N-dealkylation sites (tertiary alicyclic amines) is 1. The van der Waals surface area contributed by atoms with Crippen LogP contribution in [0.1, 0.15) is 43.7 Å². The number of benzene rings is 1. The van der Waals surface area contributed by atoms with Gasteiger partial charge >= 0.3 is 0 Å². The van der Waals surface area contributed by atoms with Gasteiger partial charge in [0, 0.05) is 6.42 Å². The van der Waals surface area contributed by atoms with Gasteiger partial charge in [0.05, 0.1) is 24.7 Å². The zero-order valence-corrected chi connectivity index (χ0v) is 14.6. The van der Waals surface area contributed by atoms with Crippen molar-refractivity contribution < 1.29 is 9.59 Å². The highest BCUT2D eigenvalue weighted by molar-refractivity contribution is 5.80. The van der Waals surface area contributed by atoms with Crippen LogP contribution in [0.15, 0.2) is 30.3 Å². The average molecular weight is 329 g/mol. The molecule has 0 aliphatic carbocycles. The summed E-state index contributed by atoms with van der Waals surface area (Å²) < 4.78 is 0. The standard InChI is InChI=1S/C19H27N3O2/c1-21(2)13-19(24)22-16-10-6-7-11-18(23)20-15(16)12-17(22)14-8-4-3-5-9-14/h3-5,8-9,15-17H,6-7,10-13H2,1-2H3,(H,20,23)/t15-,16+,17+/m1/s1. The van der Waals surface area contributed by atoms with E-state index >= 15 is 0 Å². The smallest absolute Gasteiger partial charge is 0.237 e. The van der Waals surface area contributed by atoms with Crippen LogP contribution in [0.4, 0.5) is 0 Å². The van der Waals surface area contributed by atoms with Crippen LogP contribution < -0.4 is 5.32 Å². The van der Waals surface area contributed by atoms with Crippen LogP contribution in [-0.4, -0.2) is 54.3 Å². The lowest BCUT2D eigenvalue weighted by atomic mass is 9.97.